The van der Waals surface area contributed by atoms with Gasteiger partial charge in [-0.3, -0.25) is 0 Å². The summed E-state index contributed by atoms with van der Waals surface area (Å²) in [4.78, 5) is 0. The maximum atomic E-state index is 3.48. The van der Waals surface area contributed by atoms with E-state index in [9.17, 15) is 0 Å². The van der Waals surface area contributed by atoms with Crippen molar-refractivity contribution in [2.45, 2.75) is 20.0 Å². The van der Waals surface area contributed by atoms with Crippen molar-refractivity contribution in [3.63, 3.8) is 0 Å². The minimum Gasteiger partial charge on any atom is -0.381 e. The summed E-state index contributed by atoms with van der Waals surface area (Å²) in [5.74, 6) is 0. The molecular formula is C17H17BrN2. The van der Waals surface area contributed by atoms with E-state index in [-0.39, 0.29) is 0 Å². The van der Waals surface area contributed by atoms with Crippen LogP contribution in [-0.2, 0) is 13.1 Å². The molecule has 3 heteroatoms. The van der Waals surface area contributed by atoms with Crippen molar-refractivity contribution >= 4 is 32.5 Å². The number of para-hydroxylation sites is 1. The van der Waals surface area contributed by atoms with Crippen molar-refractivity contribution in [2.24, 2.45) is 0 Å². The smallest absolute Gasteiger partial charge is 0.0483 e. The number of hydrogen-bond acceptors (Lipinski definition) is 1. The number of benzene rings is 2. The largest absolute Gasteiger partial charge is 0.381 e. The molecule has 3 aromatic rings. The van der Waals surface area contributed by atoms with E-state index in [0.29, 0.717) is 0 Å². The van der Waals surface area contributed by atoms with Crippen LogP contribution in [0.15, 0.2) is 59.2 Å². The number of aryl methyl sites for hydroxylation is 1. The highest BCUT2D eigenvalue weighted by Gasteiger charge is 2.06. The quantitative estimate of drug-likeness (QED) is 0.710. The molecule has 1 N–H and O–H groups in total. The Morgan fingerprint density at radius 2 is 1.80 bits per heavy atom. The first-order valence-corrected chi connectivity index (χ1v) is 7.63. The second kappa shape index (κ2) is 5.71. The normalized spacial score (nSPS) is 10.9. The molecular weight excluding hydrogens is 312 g/mol. The van der Waals surface area contributed by atoms with Crippen LogP contribution in [0.5, 0.6) is 0 Å². The highest BCUT2D eigenvalue weighted by Crippen LogP contribution is 2.22. The van der Waals surface area contributed by atoms with Crippen LogP contribution in [0.1, 0.15) is 12.5 Å². The maximum Gasteiger partial charge on any atom is 0.0483 e. The molecule has 0 saturated carbocycles. The number of anilines is 1. The van der Waals surface area contributed by atoms with Crippen LogP contribution >= 0.6 is 15.9 Å². The molecule has 2 aromatic carbocycles. The zero-order valence-corrected chi connectivity index (χ0v) is 13.0. The van der Waals surface area contributed by atoms with Crippen LogP contribution in [-0.4, -0.2) is 4.57 Å². The number of aromatic nitrogens is 1. The van der Waals surface area contributed by atoms with Gasteiger partial charge in [0.05, 0.1) is 0 Å². The molecule has 0 spiro atoms. The topological polar surface area (TPSA) is 17.0 Å². The van der Waals surface area contributed by atoms with Gasteiger partial charge in [0.2, 0.25) is 0 Å². The van der Waals surface area contributed by atoms with Crippen LogP contribution < -0.4 is 5.32 Å². The monoisotopic (exact) mass is 328 g/mol. The third kappa shape index (κ3) is 2.59. The van der Waals surface area contributed by atoms with Gasteiger partial charge in [0, 0.05) is 40.3 Å². The van der Waals surface area contributed by atoms with Crippen LogP contribution in [0.4, 0.5) is 5.69 Å². The summed E-state index contributed by atoms with van der Waals surface area (Å²) in [6.45, 7) is 4.02. The molecule has 0 unspecified atom stereocenters. The Morgan fingerprint density at radius 1 is 1.05 bits per heavy atom. The fraction of sp³-hybridized carbons (Fsp3) is 0.176. The van der Waals surface area contributed by atoms with Gasteiger partial charge >= 0.3 is 0 Å². The van der Waals surface area contributed by atoms with E-state index >= 15 is 0 Å². The molecule has 0 saturated heterocycles. The second-order valence-electron chi connectivity index (χ2n) is 4.82. The van der Waals surface area contributed by atoms with E-state index in [4.69, 9.17) is 0 Å². The van der Waals surface area contributed by atoms with E-state index < -0.39 is 0 Å². The Morgan fingerprint density at radius 3 is 2.55 bits per heavy atom. The summed E-state index contributed by atoms with van der Waals surface area (Å²) in [5.41, 5.74) is 3.79. The summed E-state index contributed by atoms with van der Waals surface area (Å²) >= 11 is 3.46. The standard InChI is InChI=1S/C17H17BrN2/c1-2-20-12-13(16-5-3-4-6-17(16)20)11-19-15-9-7-14(18)8-10-15/h3-10,12,19H,2,11H2,1H3. The van der Waals surface area contributed by atoms with E-state index in [1.807, 2.05) is 0 Å². The predicted molar refractivity (Wildman–Crippen MR) is 89.1 cm³/mol. The lowest BCUT2D eigenvalue weighted by Crippen LogP contribution is -1.98. The second-order valence-corrected chi connectivity index (χ2v) is 5.73. The minimum absolute atomic E-state index is 0.842. The first kappa shape index (κ1) is 13.3. The van der Waals surface area contributed by atoms with Gasteiger partial charge in [-0.1, -0.05) is 34.1 Å². The van der Waals surface area contributed by atoms with Crippen LogP contribution in [0.3, 0.4) is 0 Å². The fourth-order valence-electron chi connectivity index (χ4n) is 2.49. The lowest BCUT2D eigenvalue weighted by atomic mass is 10.2. The Kier molecular flexibility index (Phi) is 3.79. The number of rotatable bonds is 4. The Bertz CT molecular complexity index is 713. The molecule has 0 amide bonds. The first-order chi connectivity index (χ1) is 9.78. The van der Waals surface area contributed by atoms with E-state index in [0.717, 1.165) is 23.2 Å². The highest BCUT2D eigenvalue weighted by atomic mass is 79.9. The average Bonchev–Trinajstić information content (AvgIpc) is 2.85. The molecule has 2 nitrogen and oxygen atoms in total. The molecule has 0 radical (unpaired) electrons. The van der Waals surface area contributed by atoms with Crippen molar-refractivity contribution < 1.29 is 0 Å². The van der Waals surface area contributed by atoms with Gasteiger partial charge < -0.3 is 9.88 Å². The number of hydrogen-bond donors (Lipinski definition) is 1. The third-order valence-electron chi connectivity index (χ3n) is 3.54. The van der Waals surface area contributed by atoms with Crippen molar-refractivity contribution in [1.82, 2.24) is 4.57 Å². The van der Waals surface area contributed by atoms with E-state index in [1.54, 1.807) is 0 Å². The summed E-state index contributed by atoms with van der Waals surface area (Å²) < 4.78 is 3.40. The molecule has 0 aliphatic carbocycles. The molecule has 0 atom stereocenters. The molecule has 0 aliphatic heterocycles. The Labute approximate surface area is 127 Å². The third-order valence-corrected chi connectivity index (χ3v) is 4.07. The number of nitrogens with one attached hydrogen (secondary N) is 1. The maximum absolute atomic E-state index is 3.48. The predicted octanol–water partition coefficient (Wildman–Crippen LogP) is 5.04. The lowest BCUT2D eigenvalue weighted by Gasteiger charge is -2.05. The van der Waals surface area contributed by atoms with Gasteiger partial charge in [-0.05, 0) is 42.8 Å². The van der Waals surface area contributed by atoms with Gasteiger partial charge in [-0.15, -0.1) is 0 Å². The van der Waals surface area contributed by atoms with Crippen LogP contribution in [0.2, 0.25) is 0 Å². The first-order valence-electron chi connectivity index (χ1n) is 6.84. The van der Waals surface area contributed by atoms with Crippen molar-refractivity contribution in [3.8, 4) is 0 Å². The zero-order valence-electron chi connectivity index (χ0n) is 11.4. The molecule has 0 fully saturated rings. The van der Waals surface area contributed by atoms with Gasteiger partial charge in [0.25, 0.3) is 0 Å². The van der Waals surface area contributed by atoms with Crippen LogP contribution in [0, 0.1) is 0 Å². The Hall–Kier alpha value is -1.74. The van der Waals surface area contributed by atoms with Crippen molar-refractivity contribution in [1.29, 1.82) is 0 Å². The highest BCUT2D eigenvalue weighted by molar-refractivity contribution is 9.10. The molecule has 3 rings (SSSR count). The number of fused-ring (bicyclic) bond motifs is 1. The summed E-state index contributed by atoms with van der Waals surface area (Å²) in [6, 6.07) is 16.9. The zero-order chi connectivity index (χ0) is 13.9. The molecule has 20 heavy (non-hydrogen) atoms. The lowest BCUT2D eigenvalue weighted by molar-refractivity contribution is 0.793. The van der Waals surface area contributed by atoms with Gasteiger partial charge in [-0.2, -0.15) is 0 Å². The van der Waals surface area contributed by atoms with Gasteiger partial charge in [0.15, 0.2) is 0 Å². The SMILES string of the molecule is CCn1cc(CNc2ccc(Br)cc2)c2ccccc21. The molecule has 102 valence electrons. The summed E-state index contributed by atoms with van der Waals surface area (Å²) in [5, 5.41) is 4.82. The Balaban J connectivity index is 1.85. The summed E-state index contributed by atoms with van der Waals surface area (Å²) in [6.07, 6.45) is 2.25. The number of nitrogens with zero attached hydrogens (tertiary/aromatic N) is 1. The molecule has 1 aromatic heterocycles. The number of halogens is 1. The summed E-state index contributed by atoms with van der Waals surface area (Å²) in [7, 11) is 0. The van der Waals surface area contributed by atoms with Crippen LogP contribution in [0.25, 0.3) is 10.9 Å². The molecule has 0 aliphatic rings. The van der Waals surface area contributed by atoms with Crippen molar-refractivity contribution in [3.05, 3.63) is 64.8 Å². The fourth-order valence-corrected chi connectivity index (χ4v) is 2.75. The molecule has 0 bridgehead atoms. The van der Waals surface area contributed by atoms with E-state index in [2.05, 4.69) is 87.5 Å². The van der Waals surface area contributed by atoms with Crippen molar-refractivity contribution in [2.75, 3.05) is 5.32 Å². The molecule has 1 heterocycles. The van der Waals surface area contributed by atoms with Gasteiger partial charge in [0.1, 0.15) is 0 Å². The van der Waals surface area contributed by atoms with Gasteiger partial charge in [-0.25, -0.2) is 0 Å². The van der Waals surface area contributed by atoms with E-state index in [1.165, 1.54) is 16.5 Å². The average molecular weight is 329 g/mol. The minimum atomic E-state index is 0.842.